The molecule has 3 nitrogen and oxygen atoms in total. The maximum absolute atomic E-state index is 11.2. The van der Waals surface area contributed by atoms with E-state index in [0.717, 1.165) is 17.4 Å². The van der Waals surface area contributed by atoms with Gasteiger partial charge in [0.2, 0.25) is 0 Å². The van der Waals surface area contributed by atoms with Gasteiger partial charge in [-0.3, -0.25) is 4.79 Å². The van der Waals surface area contributed by atoms with Crippen LogP contribution in [0.25, 0.3) is 0 Å². The summed E-state index contributed by atoms with van der Waals surface area (Å²) in [4.78, 5) is 11.2. The van der Waals surface area contributed by atoms with E-state index in [4.69, 9.17) is 4.42 Å². The van der Waals surface area contributed by atoms with Crippen LogP contribution in [0, 0.1) is 0 Å². The van der Waals surface area contributed by atoms with Crippen LogP contribution in [-0.4, -0.2) is 16.9 Å². The van der Waals surface area contributed by atoms with Crippen molar-refractivity contribution in [3.63, 3.8) is 0 Å². The van der Waals surface area contributed by atoms with Crippen LogP contribution >= 0.6 is 22.6 Å². The van der Waals surface area contributed by atoms with Crippen LogP contribution in [-0.2, 0) is 0 Å². The predicted octanol–water partition coefficient (Wildman–Crippen LogP) is 1.83. The Bertz CT molecular complexity index is 233. The Balaban J connectivity index is 2.30. The molecule has 0 aliphatic carbocycles. The van der Waals surface area contributed by atoms with Crippen molar-refractivity contribution in [1.29, 1.82) is 0 Å². The molecular weight excluding hydrogens is 269 g/mol. The maximum atomic E-state index is 11.2. The average molecular weight is 279 g/mol. The van der Waals surface area contributed by atoms with Gasteiger partial charge < -0.3 is 9.73 Å². The summed E-state index contributed by atoms with van der Waals surface area (Å²) in [5.41, 5.74) is 0.587. The first-order valence-corrected chi connectivity index (χ1v) is 5.23. The molecule has 1 amide bonds. The fourth-order valence-electron chi connectivity index (χ4n) is 0.764. The van der Waals surface area contributed by atoms with Gasteiger partial charge in [0.1, 0.15) is 6.26 Å². The van der Waals surface area contributed by atoms with Gasteiger partial charge in [0, 0.05) is 11.0 Å². The zero-order valence-electron chi connectivity index (χ0n) is 6.55. The number of carbonyl (C=O) groups excluding carboxylic acids is 1. The molecule has 0 saturated heterocycles. The van der Waals surface area contributed by atoms with Gasteiger partial charge in [-0.1, -0.05) is 22.6 Å². The molecule has 0 unspecified atom stereocenters. The van der Waals surface area contributed by atoms with E-state index in [1.54, 1.807) is 6.07 Å². The summed E-state index contributed by atoms with van der Waals surface area (Å²) >= 11 is 2.28. The molecule has 12 heavy (non-hydrogen) atoms. The molecule has 0 bridgehead atoms. The number of amides is 1. The lowest BCUT2D eigenvalue weighted by Crippen LogP contribution is -2.24. The third kappa shape index (κ3) is 2.84. The zero-order valence-corrected chi connectivity index (χ0v) is 8.71. The number of hydrogen-bond acceptors (Lipinski definition) is 2. The number of rotatable bonds is 4. The molecular formula is C8H10INO2. The first-order valence-electron chi connectivity index (χ1n) is 3.71. The molecule has 1 heterocycles. The Hall–Kier alpha value is -0.520. The quantitative estimate of drug-likeness (QED) is 0.519. The SMILES string of the molecule is O=C(NCCCI)c1ccoc1. The van der Waals surface area contributed by atoms with Crippen LogP contribution in [0.4, 0.5) is 0 Å². The van der Waals surface area contributed by atoms with Crippen molar-refractivity contribution >= 4 is 28.5 Å². The van der Waals surface area contributed by atoms with Gasteiger partial charge in [-0.2, -0.15) is 0 Å². The molecule has 0 saturated carbocycles. The van der Waals surface area contributed by atoms with Crippen LogP contribution < -0.4 is 5.32 Å². The third-order valence-electron chi connectivity index (χ3n) is 1.38. The van der Waals surface area contributed by atoms with Crippen molar-refractivity contribution in [3.05, 3.63) is 24.2 Å². The van der Waals surface area contributed by atoms with Gasteiger partial charge in [0.05, 0.1) is 11.8 Å². The summed E-state index contributed by atoms with van der Waals surface area (Å²) < 4.78 is 5.84. The van der Waals surface area contributed by atoms with Crippen LogP contribution in [0.2, 0.25) is 0 Å². The van der Waals surface area contributed by atoms with E-state index in [1.165, 1.54) is 12.5 Å². The summed E-state index contributed by atoms with van der Waals surface area (Å²) in [6.45, 7) is 0.729. The summed E-state index contributed by atoms with van der Waals surface area (Å²) in [7, 11) is 0. The fourth-order valence-corrected chi connectivity index (χ4v) is 1.15. The van der Waals surface area contributed by atoms with Crippen molar-refractivity contribution in [3.8, 4) is 0 Å². The largest absolute Gasteiger partial charge is 0.472 e. The topological polar surface area (TPSA) is 42.2 Å². The van der Waals surface area contributed by atoms with Crippen molar-refractivity contribution in [2.24, 2.45) is 0 Å². The van der Waals surface area contributed by atoms with Crippen LogP contribution in [0.5, 0.6) is 0 Å². The Morgan fingerprint density at radius 3 is 3.08 bits per heavy atom. The standard InChI is InChI=1S/C8H10INO2/c9-3-1-4-10-8(11)7-2-5-12-6-7/h2,5-6H,1,3-4H2,(H,10,11). The second-order valence-corrected chi connectivity index (χ2v) is 3.39. The molecule has 0 spiro atoms. The highest BCUT2D eigenvalue weighted by Crippen LogP contribution is 1.98. The monoisotopic (exact) mass is 279 g/mol. The van der Waals surface area contributed by atoms with Gasteiger partial charge in [0.25, 0.3) is 5.91 Å². The lowest BCUT2D eigenvalue weighted by molar-refractivity contribution is 0.0953. The Labute approximate surface area is 84.7 Å². The molecule has 1 rings (SSSR count). The normalized spacial score (nSPS) is 9.75. The van der Waals surface area contributed by atoms with Crippen molar-refractivity contribution < 1.29 is 9.21 Å². The summed E-state index contributed by atoms with van der Waals surface area (Å²) in [5.74, 6) is -0.0615. The minimum atomic E-state index is -0.0615. The number of carbonyl (C=O) groups is 1. The lowest BCUT2D eigenvalue weighted by atomic mass is 10.3. The lowest BCUT2D eigenvalue weighted by Gasteiger charge is -1.99. The van der Waals surface area contributed by atoms with Crippen molar-refractivity contribution in [2.75, 3.05) is 11.0 Å². The number of nitrogens with one attached hydrogen (secondary N) is 1. The minimum absolute atomic E-state index is 0.0615. The molecule has 0 fully saturated rings. The van der Waals surface area contributed by atoms with E-state index in [0.29, 0.717) is 5.56 Å². The Kier molecular flexibility index (Phi) is 4.13. The van der Waals surface area contributed by atoms with Gasteiger partial charge in [0.15, 0.2) is 0 Å². The Morgan fingerprint density at radius 1 is 1.67 bits per heavy atom. The first-order chi connectivity index (χ1) is 5.84. The Morgan fingerprint density at radius 2 is 2.50 bits per heavy atom. The molecule has 1 aromatic rings. The average Bonchev–Trinajstić information content (AvgIpc) is 2.56. The molecule has 1 aromatic heterocycles. The highest BCUT2D eigenvalue weighted by atomic mass is 127. The van der Waals surface area contributed by atoms with E-state index in [9.17, 15) is 4.79 Å². The smallest absolute Gasteiger partial charge is 0.254 e. The molecule has 1 N–H and O–H groups in total. The number of furan rings is 1. The first kappa shape index (κ1) is 9.57. The van der Waals surface area contributed by atoms with E-state index in [2.05, 4.69) is 27.9 Å². The maximum Gasteiger partial charge on any atom is 0.254 e. The summed E-state index contributed by atoms with van der Waals surface area (Å²) in [5, 5.41) is 2.78. The molecule has 0 aliphatic rings. The van der Waals surface area contributed by atoms with Gasteiger partial charge >= 0.3 is 0 Å². The molecule has 4 heteroatoms. The van der Waals surface area contributed by atoms with Crippen LogP contribution in [0.15, 0.2) is 23.0 Å². The molecule has 66 valence electrons. The van der Waals surface area contributed by atoms with Crippen molar-refractivity contribution in [2.45, 2.75) is 6.42 Å². The molecule has 0 atom stereocenters. The molecule has 0 aromatic carbocycles. The predicted molar refractivity (Wildman–Crippen MR) is 54.5 cm³/mol. The van der Waals surface area contributed by atoms with E-state index < -0.39 is 0 Å². The van der Waals surface area contributed by atoms with Gasteiger partial charge in [-0.15, -0.1) is 0 Å². The number of halogens is 1. The van der Waals surface area contributed by atoms with Gasteiger partial charge in [-0.25, -0.2) is 0 Å². The van der Waals surface area contributed by atoms with Gasteiger partial charge in [-0.05, 0) is 12.5 Å². The molecule has 0 aliphatic heterocycles. The van der Waals surface area contributed by atoms with E-state index in [-0.39, 0.29) is 5.91 Å². The van der Waals surface area contributed by atoms with Crippen LogP contribution in [0.1, 0.15) is 16.8 Å². The fraction of sp³-hybridized carbons (Fsp3) is 0.375. The minimum Gasteiger partial charge on any atom is -0.472 e. The van der Waals surface area contributed by atoms with Crippen LogP contribution in [0.3, 0.4) is 0 Å². The highest BCUT2D eigenvalue weighted by Gasteiger charge is 2.04. The summed E-state index contributed by atoms with van der Waals surface area (Å²) in [6.07, 6.45) is 3.94. The third-order valence-corrected chi connectivity index (χ3v) is 2.14. The second-order valence-electron chi connectivity index (χ2n) is 2.31. The zero-order chi connectivity index (χ0) is 8.81. The van der Waals surface area contributed by atoms with E-state index >= 15 is 0 Å². The van der Waals surface area contributed by atoms with Crippen molar-refractivity contribution in [1.82, 2.24) is 5.32 Å². The molecule has 0 radical (unpaired) electrons. The number of alkyl halides is 1. The number of hydrogen-bond donors (Lipinski definition) is 1. The second kappa shape index (κ2) is 5.18. The summed E-state index contributed by atoms with van der Waals surface area (Å²) in [6, 6.07) is 1.65. The highest BCUT2D eigenvalue weighted by molar-refractivity contribution is 14.1. The van der Waals surface area contributed by atoms with E-state index in [1.807, 2.05) is 0 Å².